The number of anilines is 2. The van der Waals surface area contributed by atoms with Gasteiger partial charge in [0.25, 0.3) is 5.91 Å². The van der Waals surface area contributed by atoms with E-state index in [1.807, 2.05) is 44.1 Å². The molecule has 0 saturated heterocycles. The number of urea groups is 1. The van der Waals surface area contributed by atoms with Crippen LogP contribution >= 0.6 is 0 Å². The van der Waals surface area contributed by atoms with E-state index < -0.39 is 0 Å². The van der Waals surface area contributed by atoms with Gasteiger partial charge in [0, 0.05) is 45.1 Å². The lowest BCUT2D eigenvalue weighted by atomic mass is 10.1. The first-order chi connectivity index (χ1) is 13.3. The van der Waals surface area contributed by atoms with Crippen LogP contribution in [0.2, 0.25) is 0 Å². The van der Waals surface area contributed by atoms with E-state index in [-0.39, 0.29) is 11.9 Å². The van der Waals surface area contributed by atoms with Crippen LogP contribution in [0.25, 0.3) is 0 Å². The number of nitrogens with zero attached hydrogens (tertiary/aromatic N) is 2. The maximum atomic E-state index is 12.9. The predicted molar refractivity (Wildman–Crippen MR) is 112 cm³/mol. The Hall–Kier alpha value is -2.96. The van der Waals surface area contributed by atoms with E-state index in [0.717, 1.165) is 11.3 Å². The molecular formula is C21H30N4O3. The van der Waals surface area contributed by atoms with Crippen molar-refractivity contribution < 1.29 is 14.0 Å². The number of amides is 3. The van der Waals surface area contributed by atoms with E-state index in [4.69, 9.17) is 4.42 Å². The highest BCUT2D eigenvalue weighted by molar-refractivity contribution is 5.92. The van der Waals surface area contributed by atoms with Crippen LogP contribution in [-0.2, 0) is 6.54 Å². The van der Waals surface area contributed by atoms with Crippen molar-refractivity contribution >= 4 is 23.3 Å². The molecule has 0 atom stereocenters. The highest BCUT2D eigenvalue weighted by atomic mass is 16.3. The van der Waals surface area contributed by atoms with Crippen molar-refractivity contribution in [3.8, 4) is 0 Å². The summed E-state index contributed by atoms with van der Waals surface area (Å²) in [6, 6.07) is 8.85. The molecule has 28 heavy (non-hydrogen) atoms. The summed E-state index contributed by atoms with van der Waals surface area (Å²) in [4.78, 5) is 28.6. The van der Waals surface area contributed by atoms with Crippen molar-refractivity contribution in [2.24, 2.45) is 5.92 Å². The number of rotatable bonds is 8. The van der Waals surface area contributed by atoms with E-state index in [1.165, 1.54) is 6.26 Å². The second kappa shape index (κ2) is 9.82. The van der Waals surface area contributed by atoms with E-state index in [9.17, 15) is 9.59 Å². The van der Waals surface area contributed by atoms with Crippen LogP contribution in [0.15, 0.2) is 41.0 Å². The monoisotopic (exact) mass is 386 g/mol. The number of hydrogen-bond acceptors (Lipinski definition) is 4. The summed E-state index contributed by atoms with van der Waals surface area (Å²) in [5, 5.41) is 5.55. The second-order valence-corrected chi connectivity index (χ2v) is 7.28. The molecule has 1 aromatic heterocycles. The average Bonchev–Trinajstić information content (AvgIpc) is 3.15. The standard InChI is InChI=1S/C21H30N4O3/c1-6-22-21(27)23-17-9-10-18(24(4)5)16(12-17)14-25(13-15(2)3)20(26)19-8-7-11-28-19/h7-12,15H,6,13-14H2,1-5H3,(H2,22,23,27). The Morgan fingerprint density at radius 1 is 1.18 bits per heavy atom. The minimum absolute atomic E-state index is 0.148. The van der Waals surface area contributed by atoms with Crippen LogP contribution < -0.4 is 15.5 Å². The predicted octanol–water partition coefficient (Wildman–Crippen LogP) is 3.79. The van der Waals surface area contributed by atoms with Gasteiger partial charge in [0.15, 0.2) is 5.76 Å². The Bertz CT molecular complexity index is 785. The fraction of sp³-hybridized carbons (Fsp3) is 0.429. The van der Waals surface area contributed by atoms with Crippen molar-refractivity contribution in [1.82, 2.24) is 10.2 Å². The molecule has 7 nitrogen and oxygen atoms in total. The van der Waals surface area contributed by atoms with Crippen LogP contribution in [-0.4, -0.2) is 44.0 Å². The van der Waals surface area contributed by atoms with Gasteiger partial charge in [-0.25, -0.2) is 4.79 Å². The summed E-state index contributed by atoms with van der Waals surface area (Å²) in [7, 11) is 3.91. The largest absolute Gasteiger partial charge is 0.459 e. The Kier molecular flexibility index (Phi) is 7.49. The molecule has 7 heteroatoms. The van der Waals surface area contributed by atoms with Crippen molar-refractivity contribution in [2.75, 3.05) is 37.4 Å². The lowest BCUT2D eigenvalue weighted by Crippen LogP contribution is -2.34. The molecule has 0 fully saturated rings. The Labute approximate surface area is 166 Å². The van der Waals surface area contributed by atoms with E-state index in [1.54, 1.807) is 17.0 Å². The van der Waals surface area contributed by atoms with Gasteiger partial charge in [-0.3, -0.25) is 4.79 Å². The Morgan fingerprint density at radius 3 is 2.50 bits per heavy atom. The quantitative estimate of drug-likeness (QED) is 0.724. The first-order valence-corrected chi connectivity index (χ1v) is 9.49. The molecule has 3 amide bonds. The SMILES string of the molecule is CCNC(=O)Nc1ccc(N(C)C)c(CN(CC(C)C)C(=O)c2ccco2)c1. The van der Waals surface area contributed by atoms with Gasteiger partial charge in [-0.2, -0.15) is 0 Å². The van der Waals surface area contributed by atoms with Crippen molar-refractivity contribution in [1.29, 1.82) is 0 Å². The Morgan fingerprint density at radius 2 is 1.93 bits per heavy atom. The fourth-order valence-corrected chi connectivity index (χ4v) is 2.98. The molecule has 1 heterocycles. The van der Waals surface area contributed by atoms with Gasteiger partial charge in [0.1, 0.15) is 0 Å². The van der Waals surface area contributed by atoms with Crippen molar-refractivity contribution in [2.45, 2.75) is 27.3 Å². The number of hydrogen-bond donors (Lipinski definition) is 2. The van der Waals surface area contributed by atoms with Crippen LogP contribution in [0.3, 0.4) is 0 Å². The van der Waals surface area contributed by atoms with Gasteiger partial charge in [-0.05, 0) is 48.7 Å². The summed E-state index contributed by atoms with van der Waals surface area (Å²) in [5.41, 5.74) is 2.61. The van der Waals surface area contributed by atoms with Crippen molar-refractivity contribution in [3.63, 3.8) is 0 Å². The smallest absolute Gasteiger partial charge is 0.319 e. The van der Waals surface area contributed by atoms with Crippen LogP contribution in [0.5, 0.6) is 0 Å². The van der Waals surface area contributed by atoms with Gasteiger partial charge >= 0.3 is 6.03 Å². The summed E-state index contributed by atoms with van der Waals surface area (Å²) < 4.78 is 5.31. The molecule has 2 rings (SSSR count). The van der Waals surface area contributed by atoms with Gasteiger partial charge in [0.05, 0.1) is 6.26 Å². The number of carbonyl (C=O) groups is 2. The highest BCUT2D eigenvalue weighted by Gasteiger charge is 2.21. The average molecular weight is 386 g/mol. The first kappa shape index (κ1) is 21.3. The third-order valence-corrected chi connectivity index (χ3v) is 4.12. The van der Waals surface area contributed by atoms with Crippen LogP contribution in [0.1, 0.15) is 36.9 Å². The lowest BCUT2D eigenvalue weighted by molar-refractivity contribution is 0.0690. The molecule has 152 valence electrons. The summed E-state index contributed by atoms with van der Waals surface area (Å²) in [5.74, 6) is 0.479. The molecule has 0 aliphatic heterocycles. The first-order valence-electron chi connectivity index (χ1n) is 9.49. The molecule has 0 aliphatic rings. The maximum absolute atomic E-state index is 12.9. The van der Waals surface area contributed by atoms with Crippen molar-refractivity contribution in [3.05, 3.63) is 47.9 Å². The highest BCUT2D eigenvalue weighted by Crippen LogP contribution is 2.25. The maximum Gasteiger partial charge on any atom is 0.319 e. The fourth-order valence-electron chi connectivity index (χ4n) is 2.98. The minimum atomic E-state index is -0.253. The summed E-state index contributed by atoms with van der Waals surface area (Å²) >= 11 is 0. The topological polar surface area (TPSA) is 77.8 Å². The molecule has 1 aromatic carbocycles. The third-order valence-electron chi connectivity index (χ3n) is 4.12. The van der Waals surface area contributed by atoms with Gasteiger partial charge < -0.3 is 24.9 Å². The second-order valence-electron chi connectivity index (χ2n) is 7.28. The summed E-state index contributed by atoms with van der Waals surface area (Å²) in [6.45, 7) is 7.57. The van der Waals surface area contributed by atoms with Gasteiger partial charge in [-0.15, -0.1) is 0 Å². The number of nitrogens with one attached hydrogen (secondary N) is 2. The zero-order valence-electron chi connectivity index (χ0n) is 17.3. The number of carbonyl (C=O) groups excluding carboxylic acids is 2. The number of furan rings is 1. The van der Waals surface area contributed by atoms with E-state index in [2.05, 4.69) is 24.5 Å². The van der Waals surface area contributed by atoms with E-state index in [0.29, 0.717) is 37.0 Å². The molecule has 0 unspecified atom stereocenters. The van der Waals surface area contributed by atoms with Crippen LogP contribution in [0, 0.1) is 5.92 Å². The minimum Gasteiger partial charge on any atom is -0.459 e. The zero-order chi connectivity index (χ0) is 20.7. The lowest BCUT2D eigenvalue weighted by Gasteiger charge is -2.27. The van der Waals surface area contributed by atoms with Crippen LogP contribution in [0.4, 0.5) is 16.2 Å². The molecule has 0 aliphatic carbocycles. The molecular weight excluding hydrogens is 356 g/mol. The third kappa shape index (κ3) is 5.77. The van der Waals surface area contributed by atoms with E-state index >= 15 is 0 Å². The molecule has 0 bridgehead atoms. The van der Waals surface area contributed by atoms with Gasteiger partial charge in [0.2, 0.25) is 0 Å². The molecule has 2 aromatic rings. The Balaban J connectivity index is 2.32. The summed E-state index contributed by atoms with van der Waals surface area (Å²) in [6.07, 6.45) is 1.50. The molecule has 0 spiro atoms. The molecule has 0 radical (unpaired) electrons. The zero-order valence-corrected chi connectivity index (χ0v) is 17.3. The number of benzene rings is 1. The molecule has 2 N–H and O–H groups in total. The molecule has 0 saturated carbocycles. The van der Waals surface area contributed by atoms with Gasteiger partial charge in [-0.1, -0.05) is 13.8 Å². The normalized spacial score (nSPS) is 10.6.